The maximum Gasteiger partial charge on any atom is 0.343 e. The molecule has 1 aliphatic heterocycles. The second-order valence-corrected chi connectivity index (χ2v) is 6.00. The Hall–Kier alpha value is -3.93. The number of carbonyl (C=O) groups is 2. The molecule has 0 amide bonds. The van der Waals surface area contributed by atoms with Crippen LogP contribution < -0.4 is 14.2 Å². The third-order valence-corrected chi connectivity index (χ3v) is 4.18. The number of hydrogen-bond acceptors (Lipinski definition) is 6. The molecule has 0 spiro atoms. The van der Waals surface area contributed by atoms with Crippen molar-refractivity contribution >= 4 is 17.8 Å². The molecule has 0 saturated carbocycles. The SMILES string of the molecule is COc1ccc(C(=O)Oc2ccc3c(c2)O/C(=C\c2ccncc2)C3=O)cc1. The van der Waals surface area contributed by atoms with Gasteiger partial charge in [-0.3, -0.25) is 9.78 Å². The zero-order valence-corrected chi connectivity index (χ0v) is 14.9. The number of benzene rings is 2. The smallest absolute Gasteiger partial charge is 0.343 e. The molecule has 4 rings (SSSR count). The van der Waals surface area contributed by atoms with E-state index < -0.39 is 5.97 Å². The standard InChI is InChI=1S/C22H15NO5/c1-26-16-4-2-15(3-5-16)22(25)27-17-6-7-18-19(13-17)28-20(21(18)24)12-14-8-10-23-11-9-14/h2-13H,1H3/b20-12-. The number of nitrogens with zero attached hydrogens (tertiary/aromatic N) is 1. The number of methoxy groups -OCH3 is 1. The first-order chi connectivity index (χ1) is 13.6. The summed E-state index contributed by atoms with van der Waals surface area (Å²) in [5.74, 6) is 0.761. The molecule has 0 radical (unpaired) electrons. The monoisotopic (exact) mass is 373 g/mol. The number of esters is 1. The molecule has 0 saturated heterocycles. The molecular weight excluding hydrogens is 358 g/mol. The Bertz CT molecular complexity index is 1070. The minimum absolute atomic E-state index is 0.208. The molecule has 0 bridgehead atoms. The van der Waals surface area contributed by atoms with E-state index in [0.717, 1.165) is 5.56 Å². The molecule has 0 aliphatic carbocycles. The third kappa shape index (κ3) is 3.48. The van der Waals surface area contributed by atoms with Crippen LogP contribution in [-0.2, 0) is 0 Å². The fourth-order valence-electron chi connectivity index (χ4n) is 2.73. The second-order valence-electron chi connectivity index (χ2n) is 6.00. The second kappa shape index (κ2) is 7.36. The lowest BCUT2D eigenvalue weighted by Crippen LogP contribution is -2.08. The van der Waals surface area contributed by atoms with Crippen molar-refractivity contribution < 1.29 is 23.8 Å². The first-order valence-corrected chi connectivity index (χ1v) is 8.48. The molecule has 138 valence electrons. The molecular formula is C22H15NO5. The highest BCUT2D eigenvalue weighted by Crippen LogP contribution is 2.35. The number of ether oxygens (including phenoxy) is 3. The number of rotatable bonds is 4. The summed E-state index contributed by atoms with van der Waals surface area (Å²) >= 11 is 0. The number of aromatic nitrogens is 1. The van der Waals surface area contributed by atoms with Crippen LogP contribution in [0.1, 0.15) is 26.3 Å². The van der Waals surface area contributed by atoms with Crippen LogP contribution >= 0.6 is 0 Å². The topological polar surface area (TPSA) is 74.7 Å². The maximum absolute atomic E-state index is 12.5. The van der Waals surface area contributed by atoms with Crippen molar-refractivity contribution in [1.29, 1.82) is 0 Å². The lowest BCUT2D eigenvalue weighted by molar-refractivity contribution is 0.0734. The van der Waals surface area contributed by atoms with Gasteiger partial charge in [-0.1, -0.05) is 0 Å². The summed E-state index contributed by atoms with van der Waals surface area (Å²) in [7, 11) is 1.55. The van der Waals surface area contributed by atoms with Gasteiger partial charge in [0.25, 0.3) is 0 Å². The highest BCUT2D eigenvalue weighted by Gasteiger charge is 2.28. The van der Waals surface area contributed by atoms with E-state index in [1.807, 2.05) is 0 Å². The third-order valence-electron chi connectivity index (χ3n) is 4.18. The average molecular weight is 373 g/mol. The lowest BCUT2D eigenvalue weighted by atomic mass is 10.1. The molecule has 6 heteroatoms. The van der Waals surface area contributed by atoms with E-state index in [1.165, 1.54) is 6.07 Å². The molecule has 2 aromatic carbocycles. The lowest BCUT2D eigenvalue weighted by Gasteiger charge is -2.06. The van der Waals surface area contributed by atoms with Crippen molar-refractivity contribution in [3.8, 4) is 17.2 Å². The Morgan fingerprint density at radius 3 is 2.43 bits per heavy atom. The van der Waals surface area contributed by atoms with Gasteiger partial charge < -0.3 is 14.2 Å². The van der Waals surface area contributed by atoms with Gasteiger partial charge in [-0.2, -0.15) is 0 Å². The van der Waals surface area contributed by atoms with Gasteiger partial charge in [0.05, 0.1) is 18.2 Å². The molecule has 0 atom stereocenters. The zero-order valence-electron chi connectivity index (χ0n) is 14.9. The summed E-state index contributed by atoms with van der Waals surface area (Å²) in [5.41, 5.74) is 1.61. The number of hydrogen-bond donors (Lipinski definition) is 0. The first-order valence-electron chi connectivity index (χ1n) is 8.48. The molecule has 0 unspecified atom stereocenters. The molecule has 28 heavy (non-hydrogen) atoms. The minimum Gasteiger partial charge on any atom is -0.497 e. The highest BCUT2D eigenvalue weighted by molar-refractivity contribution is 6.14. The van der Waals surface area contributed by atoms with E-state index in [9.17, 15) is 9.59 Å². The quantitative estimate of drug-likeness (QED) is 0.392. The molecule has 1 aliphatic rings. The van der Waals surface area contributed by atoms with Crippen molar-refractivity contribution in [3.63, 3.8) is 0 Å². The number of pyridine rings is 1. The van der Waals surface area contributed by atoms with Crippen LogP contribution in [0.3, 0.4) is 0 Å². The average Bonchev–Trinajstić information content (AvgIpc) is 3.03. The van der Waals surface area contributed by atoms with Gasteiger partial charge in [0, 0.05) is 18.5 Å². The Morgan fingerprint density at radius 1 is 1.00 bits per heavy atom. The predicted octanol–water partition coefficient (Wildman–Crippen LogP) is 3.93. The van der Waals surface area contributed by atoms with E-state index in [0.29, 0.717) is 22.6 Å². The van der Waals surface area contributed by atoms with Gasteiger partial charge in [-0.05, 0) is 60.2 Å². The molecule has 0 N–H and O–H groups in total. The van der Waals surface area contributed by atoms with E-state index in [1.54, 1.807) is 74.1 Å². The van der Waals surface area contributed by atoms with E-state index >= 15 is 0 Å². The van der Waals surface area contributed by atoms with Crippen LogP contribution in [-0.4, -0.2) is 23.8 Å². The Balaban J connectivity index is 1.53. The Kier molecular flexibility index (Phi) is 4.60. The van der Waals surface area contributed by atoms with Gasteiger partial charge in [-0.15, -0.1) is 0 Å². The van der Waals surface area contributed by atoms with Crippen molar-refractivity contribution in [3.05, 3.63) is 89.4 Å². The van der Waals surface area contributed by atoms with E-state index in [4.69, 9.17) is 14.2 Å². The van der Waals surface area contributed by atoms with E-state index in [2.05, 4.69) is 4.98 Å². The summed E-state index contributed by atoms with van der Waals surface area (Å²) in [6, 6.07) is 14.8. The molecule has 0 fully saturated rings. The minimum atomic E-state index is -0.514. The normalized spacial score (nSPS) is 13.8. The summed E-state index contributed by atoms with van der Waals surface area (Å²) in [5, 5.41) is 0. The van der Waals surface area contributed by atoms with Gasteiger partial charge in [0.2, 0.25) is 5.78 Å². The number of allylic oxidation sites excluding steroid dienone is 1. The number of ketones is 1. The van der Waals surface area contributed by atoms with Gasteiger partial charge in [0.1, 0.15) is 17.2 Å². The Labute approximate surface area is 161 Å². The van der Waals surface area contributed by atoms with Crippen LogP contribution in [0.25, 0.3) is 6.08 Å². The summed E-state index contributed by atoms with van der Waals surface area (Å²) in [6.07, 6.45) is 4.92. The molecule has 2 heterocycles. The zero-order chi connectivity index (χ0) is 19.5. The predicted molar refractivity (Wildman–Crippen MR) is 102 cm³/mol. The van der Waals surface area contributed by atoms with Crippen LogP contribution in [0, 0.1) is 0 Å². The Morgan fingerprint density at radius 2 is 1.71 bits per heavy atom. The van der Waals surface area contributed by atoms with Crippen LogP contribution in [0.5, 0.6) is 17.2 Å². The largest absolute Gasteiger partial charge is 0.497 e. The van der Waals surface area contributed by atoms with Crippen LogP contribution in [0.15, 0.2) is 72.8 Å². The van der Waals surface area contributed by atoms with Crippen molar-refractivity contribution in [2.75, 3.05) is 7.11 Å². The summed E-state index contributed by atoms with van der Waals surface area (Å²) in [4.78, 5) is 28.7. The van der Waals surface area contributed by atoms with Crippen molar-refractivity contribution in [1.82, 2.24) is 4.98 Å². The van der Waals surface area contributed by atoms with Crippen molar-refractivity contribution in [2.45, 2.75) is 0 Å². The summed E-state index contributed by atoms with van der Waals surface area (Å²) < 4.78 is 16.1. The van der Waals surface area contributed by atoms with Crippen molar-refractivity contribution in [2.24, 2.45) is 0 Å². The van der Waals surface area contributed by atoms with Crippen LogP contribution in [0.4, 0.5) is 0 Å². The summed E-state index contributed by atoms with van der Waals surface area (Å²) in [6.45, 7) is 0. The maximum atomic E-state index is 12.5. The molecule has 3 aromatic rings. The highest BCUT2D eigenvalue weighted by atomic mass is 16.5. The fraction of sp³-hybridized carbons (Fsp3) is 0.0455. The number of Topliss-reactive ketones (excluding diaryl/α,β-unsaturated/α-hetero) is 1. The fourth-order valence-corrected chi connectivity index (χ4v) is 2.73. The number of fused-ring (bicyclic) bond motifs is 1. The number of carbonyl (C=O) groups excluding carboxylic acids is 2. The first kappa shape index (κ1) is 17.5. The van der Waals surface area contributed by atoms with Gasteiger partial charge >= 0.3 is 5.97 Å². The van der Waals surface area contributed by atoms with Crippen LogP contribution in [0.2, 0.25) is 0 Å². The van der Waals surface area contributed by atoms with Gasteiger partial charge in [-0.25, -0.2) is 4.79 Å². The molecule has 6 nitrogen and oxygen atoms in total. The van der Waals surface area contributed by atoms with Gasteiger partial charge in [0.15, 0.2) is 5.76 Å². The molecule has 1 aromatic heterocycles. The van der Waals surface area contributed by atoms with E-state index in [-0.39, 0.29) is 17.3 Å².